The van der Waals surface area contributed by atoms with E-state index in [1.54, 1.807) is 0 Å². The van der Waals surface area contributed by atoms with Gasteiger partial charge in [0.05, 0.1) is 0 Å². The zero-order valence-corrected chi connectivity index (χ0v) is 44.6. The molecule has 0 spiro atoms. The third kappa shape index (κ3) is 7.10. The van der Waals surface area contributed by atoms with E-state index in [0.29, 0.717) is 0 Å². The first-order chi connectivity index (χ1) is 31.9. The number of aryl methyl sites for hydroxylation is 6. The fourth-order valence-electron chi connectivity index (χ4n) is 11.6. The topological polar surface area (TPSA) is 26.3 Å². The molecule has 2 aliphatic rings. The van der Waals surface area contributed by atoms with Crippen LogP contribution in [0.1, 0.15) is 116 Å². The van der Waals surface area contributed by atoms with Gasteiger partial charge in [0.2, 0.25) is 0 Å². The number of allylic oxidation sites excluding steroid dienone is 2. The molecule has 0 aliphatic heterocycles. The second-order valence-corrected chi connectivity index (χ2v) is 57.7. The van der Waals surface area contributed by atoms with Gasteiger partial charge in [-0.25, -0.2) is 0 Å². The van der Waals surface area contributed by atoms with Gasteiger partial charge >= 0.3 is 403 Å². The van der Waals surface area contributed by atoms with Crippen LogP contribution < -0.4 is 0 Å². The molecule has 8 aromatic rings. The Hall–Kier alpha value is -4.44. The predicted molar refractivity (Wildman–Crippen MR) is 283 cm³/mol. The maximum atomic E-state index is 9.31. The summed E-state index contributed by atoms with van der Waals surface area (Å²) in [5.41, 5.74) is 18.8. The van der Waals surface area contributed by atoms with E-state index in [1.165, 1.54) is 77.9 Å². The number of hydrogen-bond acceptors (Lipinski definition) is 2. The molecule has 334 valence electrons. The van der Waals surface area contributed by atoms with Gasteiger partial charge in [0.1, 0.15) is 0 Å². The molecule has 2 aromatic heterocycles. The fraction of sp³-hybridized carbons (Fsp3) is 0.267. The molecule has 6 heteroatoms. The minimum absolute atomic E-state index is 0.280. The minimum atomic E-state index is -5.62. The third-order valence-corrected chi connectivity index (χ3v) is 61.5. The van der Waals surface area contributed by atoms with E-state index in [0.717, 1.165) is 82.7 Å². The van der Waals surface area contributed by atoms with Crippen LogP contribution in [0.25, 0.3) is 67.1 Å². The van der Waals surface area contributed by atoms with Gasteiger partial charge in [-0.2, -0.15) is 0 Å². The average molecular weight is 1000 g/mol. The molecule has 0 bridgehead atoms. The molecule has 2 heterocycles. The van der Waals surface area contributed by atoms with Gasteiger partial charge in [-0.1, -0.05) is 0 Å². The molecule has 0 fully saturated rings. The van der Waals surface area contributed by atoms with Gasteiger partial charge in [-0.05, 0) is 0 Å². The second kappa shape index (κ2) is 17.6. The maximum absolute atomic E-state index is 9.31. The second-order valence-electron chi connectivity index (χ2n) is 18.9. The molecule has 2 nitrogen and oxygen atoms in total. The van der Waals surface area contributed by atoms with Crippen molar-refractivity contribution in [3.05, 3.63) is 189 Å². The molecule has 0 saturated heterocycles. The van der Waals surface area contributed by atoms with E-state index in [4.69, 9.17) is 8.83 Å². The zero-order chi connectivity index (χ0) is 46.1. The first kappa shape index (κ1) is 45.3. The van der Waals surface area contributed by atoms with Crippen molar-refractivity contribution in [3.63, 3.8) is 0 Å². The number of halogens is 2. The molecular weight excluding hydrogens is 943 g/mol. The summed E-state index contributed by atoms with van der Waals surface area (Å²) in [5.74, 6) is 1.74. The van der Waals surface area contributed by atoms with E-state index >= 15 is 0 Å². The van der Waals surface area contributed by atoms with Crippen LogP contribution in [0.4, 0.5) is 0 Å². The van der Waals surface area contributed by atoms with Crippen molar-refractivity contribution in [2.24, 2.45) is 0 Å². The van der Waals surface area contributed by atoms with E-state index < -0.39 is 20.4 Å². The number of benzene rings is 6. The van der Waals surface area contributed by atoms with Crippen LogP contribution in [0, 0.1) is 0 Å². The van der Waals surface area contributed by atoms with Crippen molar-refractivity contribution >= 4 is 67.3 Å². The van der Waals surface area contributed by atoms with Crippen LogP contribution in [0.3, 0.4) is 0 Å². The van der Waals surface area contributed by atoms with Crippen molar-refractivity contribution in [1.29, 1.82) is 0 Å². The Morgan fingerprint density at radius 2 is 0.864 bits per heavy atom. The number of furan rings is 2. The van der Waals surface area contributed by atoms with Crippen LogP contribution in [0.15, 0.2) is 131 Å². The van der Waals surface area contributed by atoms with E-state index in [9.17, 15) is 17.0 Å². The normalized spacial score (nSPS) is 15.9. The van der Waals surface area contributed by atoms with Crippen LogP contribution in [-0.2, 0) is 53.5 Å². The Kier molecular flexibility index (Phi) is 12.1. The van der Waals surface area contributed by atoms with Crippen molar-refractivity contribution in [2.45, 2.75) is 100 Å². The summed E-state index contributed by atoms with van der Waals surface area (Å²) in [6.45, 7) is 18.4. The fourth-order valence-corrected chi connectivity index (χ4v) is 39.2. The predicted octanol–water partition coefficient (Wildman–Crippen LogP) is 18.0. The summed E-state index contributed by atoms with van der Waals surface area (Å²) in [6.07, 6.45) is 14.4. The van der Waals surface area contributed by atoms with Crippen molar-refractivity contribution < 1.29 is 23.8 Å². The van der Waals surface area contributed by atoms with Gasteiger partial charge in [0, 0.05) is 0 Å². The van der Waals surface area contributed by atoms with E-state index in [2.05, 4.69) is 176 Å². The Morgan fingerprint density at radius 3 is 1.21 bits per heavy atom. The Balaban J connectivity index is 1.33. The third-order valence-electron chi connectivity index (χ3n) is 15.2. The van der Waals surface area contributed by atoms with Gasteiger partial charge in [0.25, 0.3) is 0 Å². The molecule has 0 N–H and O–H groups in total. The molecule has 10 rings (SSSR count). The molecule has 2 atom stereocenters. The quantitative estimate of drug-likeness (QED) is 0.114. The summed E-state index contributed by atoms with van der Waals surface area (Å²) in [5, 5.41) is 4.32. The van der Waals surface area contributed by atoms with Crippen LogP contribution in [0.5, 0.6) is 0 Å². The Labute approximate surface area is 399 Å². The first-order valence-corrected chi connectivity index (χ1v) is 39.6. The van der Waals surface area contributed by atoms with Gasteiger partial charge in [0.15, 0.2) is 0 Å². The average Bonchev–Trinajstić information content (AvgIpc) is 4.16. The van der Waals surface area contributed by atoms with Gasteiger partial charge in [-0.3, -0.25) is 0 Å². The Morgan fingerprint density at radius 1 is 0.485 bits per heavy atom. The molecular formula is C60H60Cl2O2SiZr. The zero-order valence-electron chi connectivity index (χ0n) is 39.7. The summed E-state index contributed by atoms with van der Waals surface area (Å²) in [6, 6.07) is 41.0. The molecule has 0 saturated carbocycles. The monoisotopic (exact) mass is 1000 g/mol. The molecule has 66 heavy (non-hydrogen) atoms. The first-order valence-electron chi connectivity index (χ1n) is 24.3. The number of fused-ring (bicyclic) bond motifs is 4. The van der Waals surface area contributed by atoms with E-state index in [-0.39, 0.29) is 7.25 Å². The van der Waals surface area contributed by atoms with Gasteiger partial charge < -0.3 is 0 Å². The molecule has 6 aromatic carbocycles. The van der Waals surface area contributed by atoms with Crippen LogP contribution in [-0.4, -0.2) is 5.43 Å². The SMILES string of the molecule is CCc1cc(CC)cc(-c2c(CC)ccc3c2C=C(c2occ4ccccc24)[CH]3[Zr]([Cl])([Cl])([CH]2C(c3occ4ccccc34)=Cc3c2ccc(CC)c3-c2cc(CC)cc(CC)c2)=[Si](C)C)c1. The summed E-state index contributed by atoms with van der Waals surface area (Å²) >= 11 is -5.62. The standard InChI is InChI=1S/2C29H27O.C2H6Si.2ClH.Zr/c2*1-4-19-13-20(5-2)15-24(14-19)28-21(6-3)11-12-22-16-25(17-27(22)28)29-26-10-8-7-9-23(26)18-30-29;1-3-2;;;/h2*7-18H,4-6H2,1-3H3;1-2H3;2*1H;/q;;;;;+2/p-2. The molecule has 0 amide bonds. The van der Waals surface area contributed by atoms with Crippen molar-refractivity contribution in [3.8, 4) is 22.3 Å². The van der Waals surface area contributed by atoms with Crippen LogP contribution in [0.2, 0.25) is 13.1 Å². The van der Waals surface area contributed by atoms with Crippen molar-refractivity contribution in [1.82, 2.24) is 0 Å². The molecule has 2 unspecified atom stereocenters. The molecule has 2 aliphatic carbocycles. The summed E-state index contributed by atoms with van der Waals surface area (Å²) in [4.78, 5) is 0. The van der Waals surface area contributed by atoms with Crippen molar-refractivity contribution in [2.75, 3.05) is 0 Å². The van der Waals surface area contributed by atoms with E-state index in [1.807, 2.05) is 12.5 Å². The van der Waals surface area contributed by atoms with Crippen LogP contribution >= 0.6 is 17.0 Å². The molecule has 0 radical (unpaired) electrons. The number of hydrogen-bond donors (Lipinski definition) is 0. The summed E-state index contributed by atoms with van der Waals surface area (Å²) < 4.78 is 13.1. The number of rotatable bonds is 12. The Bertz CT molecular complexity index is 3130. The van der Waals surface area contributed by atoms with Gasteiger partial charge in [-0.15, -0.1) is 0 Å². The summed E-state index contributed by atoms with van der Waals surface area (Å²) in [7, 11) is 18.6.